The van der Waals surface area contributed by atoms with E-state index in [0.717, 1.165) is 12.8 Å². The van der Waals surface area contributed by atoms with Crippen molar-refractivity contribution in [1.29, 1.82) is 0 Å². The van der Waals surface area contributed by atoms with Crippen molar-refractivity contribution >= 4 is 29.2 Å². The van der Waals surface area contributed by atoms with Crippen LogP contribution >= 0.6 is 11.3 Å². The van der Waals surface area contributed by atoms with Gasteiger partial charge in [0.05, 0.1) is 0 Å². The zero-order valence-electron chi connectivity index (χ0n) is 12.9. The Morgan fingerprint density at radius 1 is 1.29 bits per heavy atom. The number of nitrogens with one attached hydrogen (secondary N) is 3. The molecule has 3 N–H and O–H groups in total. The lowest BCUT2D eigenvalue weighted by Gasteiger charge is -2.18. The van der Waals surface area contributed by atoms with Crippen LogP contribution < -0.4 is 16.0 Å². The molecule has 0 radical (unpaired) electrons. The van der Waals surface area contributed by atoms with E-state index < -0.39 is 0 Å². The highest BCUT2D eigenvalue weighted by molar-refractivity contribution is 7.09. The standard InChI is InChI=1S/C14H23N5OS/c1-10(7-8-12-6-5-9-21-12)17-13(15-3)19-14(16-4)18-11(2)20/h5-6,9-10H,7-8H2,1-4H3,(H3,15,16,17,18,19,20). The van der Waals surface area contributed by atoms with Crippen LogP contribution in [0.4, 0.5) is 0 Å². The summed E-state index contributed by atoms with van der Waals surface area (Å²) in [5.41, 5.74) is 0. The van der Waals surface area contributed by atoms with Crippen molar-refractivity contribution in [2.45, 2.75) is 32.7 Å². The second-order valence-electron chi connectivity index (χ2n) is 4.61. The van der Waals surface area contributed by atoms with E-state index in [1.165, 1.54) is 11.8 Å². The normalized spacial score (nSPS) is 13.7. The number of nitrogens with zero attached hydrogens (tertiary/aromatic N) is 2. The fraction of sp³-hybridized carbons (Fsp3) is 0.500. The summed E-state index contributed by atoms with van der Waals surface area (Å²) in [5, 5.41) is 10.9. The quantitative estimate of drug-likeness (QED) is 0.580. The van der Waals surface area contributed by atoms with E-state index in [2.05, 4.69) is 50.4 Å². The number of rotatable bonds is 4. The van der Waals surface area contributed by atoms with Gasteiger partial charge < -0.3 is 5.32 Å². The van der Waals surface area contributed by atoms with Crippen LogP contribution in [0.2, 0.25) is 0 Å². The third kappa shape index (κ3) is 6.89. The Kier molecular flexibility index (Phi) is 7.45. The first-order chi connectivity index (χ1) is 10.0. The van der Waals surface area contributed by atoms with Crippen molar-refractivity contribution in [2.24, 2.45) is 9.98 Å². The summed E-state index contributed by atoms with van der Waals surface area (Å²) in [6.07, 6.45) is 2.03. The molecule has 0 spiro atoms. The first-order valence-electron chi connectivity index (χ1n) is 6.82. The van der Waals surface area contributed by atoms with Crippen LogP contribution in [0.3, 0.4) is 0 Å². The molecular weight excluding hydrogens is 286 g/mol. The summed E-state index contributed by atoms with van der Waals surface area (Å²) >= 11 is 1.77. The van der Waals surface area contributed by atoms with Crippen molar-refractivity contribution in [2.75, 3.05) is 14.1 Å². The monoisotopic (exact) mass is 309 g/mol. The van der Waals surface area contributed by atoms with E-state index in [-0.39, 0.29) is 11.9 Å². The van der Waals surface area contributed by atoms with E-state index in [4.69, 9.17) is 0 Å². The lowest BCUT2D eigenvalue weighted by molar-refractivity contribution is -0.117. The molecule has 1 aromatic rings. The molecule has 116 valence electrons. The molecule has 6 nitrogen and oxygen atoms in total. The van der Waals surface area contributed by atoms with E-state index in [0.29, 0.717) is 11.9 Å². The van der Waals surface area contributed by atoms with Gasteiger partial charge in [0.25, 0.3) is 0 Å². The van der Waals surface area contributed by atoms with Crippen LogP contribution in [0.1, 0.15) is 25.1 Å². The van der Waals surface area contributed by atoms with Gasteiger partial charge in [-0.25, -0.2) is 0 Å². The Labute approximate surface area is 129 Å². The summed E-state index contributed by atoms with van der Waals surface area (Å²) in [5.74, 6) is 0.786. The van der Waals surface area contributed by atoms with E-state index in [1.54, 1.807) is 25.4 Å². The topological polar surface area (TPSA) is 77.9 Å². The zero-order valence-corrected chi connectivity index (χ0v) is 13.8. The van der Waals surface area contributed by atoms with Crippen molar-refractivity contribution in [3.63, 3.8) is 0 Å². The Morgan fingerprint density at radius 3 is 2.52 bits per heavy atom. The number of carbonyl (C=O) groups excluding carboxylic acids is 1. The van der Waals surface area contributed by atoms with E-state index in [1.807, 2.05) is 0 Å². The molecule has 21 heavy (non-hydrogen) atoms. The van der Waals surface area contributed by atoms with Crippen LogP contribution in [0.5, 0.6) is 0 Å². The second-order valence-corrected chi connectivity index (χ2v) is 5.65. The van der Waals surface area contributed by atoms with Gasteiger partial charge in [-0.2, -0.15) is 0 Å². The highest BCUT2D eigenvalue weighted by Gasteiger charge is 2.08. The summed E-state index contributed by atoms with van der Waals surface area (Å²) in [4.78, 5) is 20.5. The molecule has 0 aliphatic heterocycles. The molecule has 0 aromatic carbocycles. The number of thiophene rings is 1. The Bertz CT molecular complexity index is 495. The van der Waals surface area contributed by atoms with Crippen molar-refractivity contribution in [1.82, 2.24) is 16.0 Å². The average Bonchev–Trinajstić information content (AvgIpc) is 2.96. The van der Waals surface area contributed by atoms with Crippen LogP contribution in [0, 0.1) is 0 Å². The first-order valence-corrected chi connectivity index (χ1v) is 7.70. The fourth-order valence-corrected chi connectivity index (χ4v) is 2.42. The number of aliphatic imine (C=N–C) groups is 2. The first kappa shape index (κ1) is 17.2. The molecule has 1 aromatic heterocycles. The summed E-state index contributed by atoms with van der Waals surface area (Å²) in [7, 11) is 3.29. The van der Waals surface area contributed by atoms with Gasteiger partial charge >= 0.3 is 0 Å². The molecule has 0 fully saturated rings. The maximum atomic E-state index is 11.0. The van der Waals surface area contributed by atoms with Crippen molar-refractivity contribution < 1.29 is 4.79 Å². The highest BCUT2D eigenvalue weighted by Crippen LogP contribution is 2.11. The Hall–Kier alpha value is -1.89. The van der Waals surface area contributed by atoms with E-state index >= 15 is 0 Å². The number of hydrogen-bond acceptors (Lipinski definition) is 4. The molecule has 1 rings (SSSR count). The van der Waals surface area contributed by atoms with Gasteiger partial charge in [0.2, 0.25) is 11.9 Å². The maximum Gasteiger partial charge on any atom is 0.223 e. The van der Waals surface area contributed by atoms with Gasteiger partial charge in [-0.15, -0.1) is 11.3 Å². The molecule has 0 saturated carbocycles. The number of amides is 1. The van der Waals surface area contributed by atoms with Gasteiger partial charge in [0.1, 0.15) is 0 Å². The lowest BCUT2D eigenvalue weighted by Crippen LogP contribution is -2.50. The number of carbonyl (C=O) groups is 1. The van der Waals surface area contributed by atoms with Gasteiger partial charge in [-0.05, 0) is 31.2 Å². The Morgan fingerprint density at radius 2 is 2.00 bits per heavy atom. The molecule has 1 unspecified atom stereocenters. The predicted octanol–water partition coefficient (Wildman–Crippen LogP) is 1.36. The van der Waals surface area contributed by atoms with Gasteiger partial charge in [0, 0.05) is 31.9 Å². The molecule has 0 aliphatic carbocycles. The summed E-state index contributed by atoms with van der Waals surface area (Å²) < 4.78 is 0. The molecule has 0 saturated heterocycles. The minimum atomic E-state index is -0.177. The molecule has 1 heterocycles. The summed E-state index contributed by atoms with van der Waals surface area (Å²) in [6.45, 7) is 3.54. The van der Waals surface area contributed by atoms with Gasteiger partial charge in [-0.1, -0.05) is 6.07 Å². The highest BCUT2D eigenvalue weighted by atomic mass is 32.1. The van der Waals surface area contributed by atoms with Crippen LogP contribution in [-0.4, -0.2) is 38.0 Å². The molecule has 0 bridgehead atoms. The molecule has 7 heteroatoms. The van der Waals surface area contributed by atoms with Crippen LogP contribution in [0.15, 0.2) is 27.5 Å². The minimum absolute atomic E-state index is 0.177. The second kappa shape index (κ2) is 9.12. The fourth-order valence-electron chi connectivity index (χ4n) is 1.70. The minimum Gasteiger partial charge on any atom is -0.354 e. The SMILES string of the molecule is CN=C(NC(C)=O)NC(=NC)NC(C)CCc1cccs1. The van der Waals surface area contributed by atoms with Crippen LogP contribution in [-0.2, 0) is 11.2 Å². The molecule has 1 atom stereocenters. The third-order valence-electron chi connectivity index (χ3n) is 2.77. The smallest absolute Gasteiger partial charge is 0.223 e. The molecule has 0 aliphatic rings. The number of aryl methyl sites for hydroxylation is 1. The zero-order chi connectivity index (χ0) is 15.7. The molecular formula is C14H23N5OS. The number of guanidine groups is 2. The Balaban J connectivity index is 2.44. The van der Waals surface area contributed by atoms with Crippen LogP contribution in [0.25, 0.3) is 0 Å². The van der Waals surface area contributed by atoms with Crippen molar-refractivity contribution in [3.05, 3.63) is 22.4 Å². The van der Waals surface area contributed by atoms with E-state index in [9.17, 15) is 4.79 Å². The number of hydrogen-bond donors (Lipinski definition) is 3. The van der Waals surface area contributed by atoms with Gasteiger partial charge in [-0.3, -0.25) is 25.4 Å². The average molecular weight is 309 g/mol. The molecule has 1 amide bonds. The lowest BCUT2D eigenvalue weighted by atomic mass is 10.1. The summed E-state index contributed by atoms with van der Waals surface area (Å²) in [6, 6.07) is 4.47. The third-order valence-corrected chi connectivity index (χ3v) is 3.70. The largest absolute Gasteiger partial charge is 0.354 e. The van der Waals surface area contributed by atoms with Gasteiger partial charge in [0.15, 0.2) is 5.96 Å². The maximum absolute atomic E-state index is 11.0. The van der Waals surface area contributed by atoms with Crippen molar-refractivity contribution in [3.8, 4) is 0 Å². The predicted molar refractivity (Wildman–Crippen MR) is 88.9 cm³/mol.